The summed E-state index contributed by atoms with van der Waals surface area (Å²) in [6, 6.07) is 13.4. The van der Waals surface area contributed by atoms with Gasteiger partial charge in [0.25, 0.3) is 0 Å². The van der Waals surface area contributed by atoms with Gasteiger partial charge in [0.15, 0.2) is 0 Å². The Morgan fingerprint density at radius 3 is 2.81 bits per heavy atom. The third-order valence-electron chi connectivity index (χ3n) is 4.60. The summed E-state index contributed by atoms with van der Waals surface area (Å²) in [4.78, 5) is 0. The van der Waals surface area contributed by atoms with Crippen LogP contribution in [-0.4, -0.2) is 7.11 Å². The van der Waals surface area contributed by atoms with Gasteiger partial charge >= 0.3 is 0 Å². The van der Waals surface area contributed by atoms with E-state index in [4.69, 9.17) is 4.74 Å². The lowest BCUT2D eigenvalue weighted by Gasteiger charge is -2.28. The largest absolute Gasteiger partial charge is 0.497 e. The van der Waals surface area contributed by atoms with Crippen LogP contribution >= 0.6 is 0 Å². The lowest BCUT2D eigenvalue weighted by Crippen LogP contribution is -2.18. The number of hydrogen-bond donors (Lipinski definition) is 1. The van der Waals surface area contributed by atoms with E-state index in [-0.39, 0.29) is 0 Å². The lowest BCUT2D eigenvalue weighted by molar-refractivity contribution is 0.413. The second-order valence-electron chi connectivity index (χ2n) is 5.90. The molecule has 2 aromatic carbocycles. The number of nitrogens with one attached hydrogen (secondary N) is 1. The second-order valence-corrected chi connectivity index (χ2v) is 5.90. The Morgan fingerprint density at radius 1 is 1.14 bits per heavy atom. The third-order valence-corrected chi connectivity index (χ3v) is 4.60. The molecular weight excluding hydrogens is 258 g/mol. The highest BCUT2D eigenvalue weighted by atomic mass is 16.5. The first-order valence-corrected chi connectivity index (χ1v) is 7.68. The van der Waals surface area contributed by atoms with E-state index in [0.29, 0.717) is 6.04 Å². The van der Waals surface area contributed by atoms with E-state index in [1.807, 2.05) is 0 Å². The van der Waals surface area contributed by atoms with Crippen molar-refractivity contribution in [2.24, 2.45) is 0 Å². The highest BCUT2D eigenvalue weighted by Gasteiger charge is 2.21. The standard InChI is InChI=1S/C19H23NO/c1-13-6-4-8-18(14(13)2)20-19-9-5-7-15-12-16(21-3)10-11-17(15)19/h4,6,8,10-12,19-20H,5,7,9H2,1-3H3. The van der Waals surface area contributed by atoms with E-state index in [1.165, 1.54) is 40.8 Å². The predicted octanol–water partition coefficient (Wildman–Crippen LogP) is 4.80. The maximum Gasteiger partial charge on any atom is 0.119 e. The van der Waals surface area contributed by atoms with Crippen molar-refractivity contribution >= 4 is 5.69 Å². The topological polar surface area (TPSA) is 21.3 Å². The highest BCUT2D eigenvalue weighted by Crippen LogP contribution is 2.35. The minimum absolute atomic E-state index is 0.403. The Morgan fingerprint density at radius 2 is 2.00 bits per heavy atom. The van der Waals surface area contributed by atoms with Gasteiger partial charge in [0.05, 0.1) is 13.2 Å². The van der Waals surface area contributed by atoms with Crippen molar-refractivity contribution in [2.45, 2.75) is 39.2 Å². The summed E-state index contributed by atoms with van der Waals surface area (Å²) in [5.74, 6) is 0.959. The number of benzene rings is 2. The fraction of sp³-hybridized carbons (Fsp3) is 0.368. The summed E-state index contributed by atoms with van der Waals surface area (Å²) in [6.45, 7) is 4.36. The molecule has 1 atom stereocenters. The molecule has 3 rings (SSSR count). The van der Waals surface area contributed by atoms with E-state index in [1.54, 1.807) is 7.11 Å². The molecule has 0 heterocycles. The van der Waals surface area contributed by atoms with Crippen molar-refractivity contribution in [1.82, 2.24) is 0 Å². The van der Waals surface area contributed by atoms with Crippen LogP contribution in [0.4, 0.5) is 5.69 Å². The van der Waals surface area contributed by atoms with Crippen molar-refractivity contribution in [3.8, 4) is 5.75 Å². The highest BCUT2D eigenvalue weighted by molar-refractivity contribution is 5.56. The Hall–Kier alpha value is -1.96. The normalized spacial score (nSPS) is 17.2. The Balaban J connectivity index is 1.90. The van der Waals surface area contributed by atoms with Crippen LogP contribution in [-0.2, 0) is 6.42 Å². The smallest absolute Gasteiger partial charge is 0.119 e. The molecule has 1 aliphatic carbocycles. The van der Waals surface area contributed by atoms with Gasteiger partial charge in [0, 0.05) is 5.69 Å². The van der Waals surface area contributed by atoms with E-state index >= 15 is 0 Å². The van der Waals surface area contributed by atoms with Gasteiger partial charge in [-0.1, -0.05) is 18.2 Å². The minimum Gasteiger partial charge on any atom is -0.497 e. The molecule has 1 N–H and O–H groups in total. The fourth-order valence-electron chi connectivity index (χ4n) is 3.16. The van der Waals surface area contributed by atoms with Crippen LogP contribution < -0.4 is 10.1 Å². The molecule has 1 aliphatic rings. The summed E-state index contributed by atoms with van der Waals surface area (Å²) in [5, 5.41) is 3.74. The number of fused-ring (bicyclic) bond motifs is 1. The molecule has 0 spiro atoms. The average molecular weight is 281 g/mol. The first kappa shape index (κ1) is 14.0. The first-order chi connectivity index (χ1) is 10.2. The number of aryl methyl sites for hydroxylation is 2. The van der Waals surface area contributed by atoms with Gasteiger partial charge in [-0.15, -0.1) is 0 Å². The maximum atomic E-state index is 5.35. The Labute approximate surface area is 127 Å². The molecule has 2 aromatic rings. The minimum atomic E-state index is 0.403. The van der Waals surface area contributed by atoms with Crippen LogP contribution in [0.15, 0.2) is 36.4 Å². The average Bonchev–Trinajstić information content (AvgIpc) is 2.51. The van der Waals surface area contributed by atoms with Gasteiger partial charge in [-0.05, 0) is 73.6 Å². The van der Waals surface area contributed by atoms with E-state index in [0.717, 1.165) is 12.2 Å². The van der Waals surface area contributed by atoms with Crippen LogP contribution in [0.2, 0.25) is 0 Å². The lowest BCUT2D eigenvalue weighted by atomic mass is 9.87. The molecule has 110 valence electrons. The number of anilines is 1. The first-order valence-electron chi connectivity index (χ1n) is 7.68. The summed E-state index contributed by atoms with van der Waals surface area (Å²) in [6.07, 6.45) is 3.56. The number of methoxy groups -OCH3 is 1. The van der Waals surface area contributed by atoms with E-state index in [2.05, 4.69) is 55.6 Å². The molecule has 0 bridgehead atoms. The fourth-order valence-corrected chi connectivity index (χ4v) is 3.16. The molecule has 0 aromatic heterocycles. The molecule has 2 nitrogen and oxygen atoms in total. The molecular formula is C19H23NO. The van der Waals surface area contributed by atoms with E-state index < -0.39 is 0 Å². The molecule has 0 radical (unpaired) electrons. The van der Waals surface area contributed by atoms with Crippen LogP contribution in [0.25, 0.3) is 0 Å². The zero-order valence-corrected chi connectivity index (χ0v) is 13.1. The number of rotatable bonds is 3. The van der Waals surface area contributed by atoms with Crippen LogP contribution in [0.1, 0.15) is 41.1 Å². The molecule has 21 heavy (non-hydrogen) atoms. The molecule has 0 saturated carbocycles. The Kier molecular flexibility index (Phi) is 3.87. The van der Waals surface area contributed by atoms with Gasteiger partial charge in [-0.3, -0.25) is 0 Å². The van der Waals surface area contributed by atoms with Gasteiger partial charge in [0.1, 0.15) is 5.75 Å². The Bertz CT molecular complexity index is 648. The second kappa shape index (κ2) is 5.80. The monoisotopic (exact) mass is 281 g/mol. The van der Waals surface area contributed by atoms with Gasteiger partial charge in [0.2, 0.25) is 0 Å². The van der Waals surface area contributed by atoms with Crippen LogP contribution in [0.5, 0.6) is 5.75 Å². The van der Waals surface area contributed by atoms with Gasteiger partial charge < -0.3 is 10.1 Å². The third kappa shape index (κ3) is 2.76. The molecule has 0 aliphatic heterocycles. The van der Waals surface area contributed by atoms with E-state index in [9.17, 15) is 0 Å². The van der Waals surface area contributed by atoms with Crippen molar-refractivity contribution in [2.75, 3.05) is 12.4 Å². The number of hydrogen-bond acceptors (Lipinski definition) is 2. The maximum absolute atomic E-state index is 5.35. The zero-order valence-electron chi connectivity index (χ0n) is 13.1. The van der Waals surface area contributed by atoms with Crippen LogP contribution in [0.3, 0.4) is 0 Å². The quantitative estimate of drug-likeness (QED) is 0.872. The molecule has 1 unspecified atom stereocenters. The summed E-state index contributed by atoms with van der Waals surface area (Å²) >= 11 is 0. The van der Waals surface area contributed by atoms with Gasteiger partial charge in [-0.2, -0.15) is 0 Å². The molecule has 2 heteroatoms. The summed E-state index contributed by atoms with van der Waals surface area (Å²) in [5.41, 5.74) is 6.78. The SMILES string of the molecule is COc1ccc2c(c1)CCCC2Nc1cccc(C)c1C. The molecule has 0 amide bonds. The van der Waals surface area contributed by atoms with Crippen molar-refractivity contribution < 1.29 is 4.74 Å². The number of ether oxygens (including phenoxy) is 1. The molecule has 0 fully saturated rings. The van der Waals surface area contributed by atoms with Crippen LogP contribution in [0, 0.1) is 13.8 Å². The molecule has 0 saturated heterocycles. The summed E-state index contributed by atoms with van der Waals surface area (Å²) in [7, 11) is 1.73. The predicted molar refractivity (Wildman–Crippen MR) is 88.2 cm³/mol. The van der Waals surface area contributed by atoms with Crippen molar-refractivity contribution in [3.05, 3.63) is 58.7 Å². The van der Waals surface area contributed by atoms with Crippen molar-refractivity contribution in [1.29, 1.82) is 0 Å². The van der Waals surface area contributed by atoms with Gasteiger partial charge in [-0.25, -0.2) is 0 Å². The summed E-state index contributed by atoms with van der Waals surface area (Å²) < 4.78 is 5.35. The zero-order chi connectivity index (χ0) is 14.8. The van der Waals surface area contributed by atoms with Crippen molar-refractivity contribution in [3.63, 3.8) is 0 Å².